The fourth-order valence-corrected chi connectivity index (χ4v) is 7.46. The van der Waals surface area contributed by atoms with Gasteiger partial charge < -0.3 is 10.2 Å². The summed E-state index contributed by atoms with van der Waals surface area (Å²) in [5.41, 5.74) is 1.98. The van der Waals surface area contributed by atoms with Gasteiger partial charge in [0.2, 0.25) is 11.8 Å². The zero-order valence-electron chi connectivity index (χ0n) is 23.7. The molecule has 42 heavy (non-hydrogen) atoms. The molecule has 1 aliphatic carbocycles. The van der Waals surface area contributed by atoms with E-state index >= 15 is 0 Å². The van der Waals surface area contributed by atoms with Gasteiger partial charge in [-0.15, -0.1) is 0 Å². The first-order valence-electron chi connectivity index (χ1n) is 14.7. The molecule has 1 aliphatic heterocycles. The number of sulfonamides is 1. The smallest absolute Gasteiger partial charge is 0.269 e. The lowest BCUT2D eigenvalue weighted by Crippen LogP contribution is -2.52. The van der Waals surface area contributed by atoms with E-state index in [1.54, 1.807) is 17.0 Å². The summed E-state index contributed by atoms with van der Waals surface area (Å²) in [4.78, 5) is 42.2. The SMILES string of the molecule is O=C(NC1CCCCC1)C(Cc1ccccc1)N(Cc1ccccc1)C(=O)CCCN1C(=O)c2ccccc2S1(=O)=O. The molecule has 1 atom stereocenters. The monoisotopic (exact) mass is 587 g/mol. The minimum Gasteiger partial charge on any atom is -0.352 e. The zero-order chi connectivity index (χ0) is 29.5. The van der Waals surface area contributed by atoms with Crippen LogP contribution in [0.4, 0.5) is 0 Å². The Labute approximate surface area is 247 Å². The van der Waals surface area contributed by atoms with Gasteiger partial charge in [0.15, 0.2) is 0 Å². The number of benzene rings is 3. The fourth-order valence-electron chi connectivity index (χ4n) is 5.85. The summed E-state index contributed by atoms with van der Waals surface area (Å²) in [5.74, 6) is -1.02. The molecule has 1 heterocycles. The van der Waals surface area contributed by atoms with Crippen molar-refractivity contribution in [2.75, 3.05) is 6.54 Å². The van der Waals surface area contributed by atoms with Gasteiger partial charge >= 0.3 is 0 Å². The summed E-state index contributed by atoms with van der Waals surface area (Å²) in [6, 6.07) is 24.7. The van der Waals surface area contributed by atoms with Crippen molar-refractivity contribution in [3.63, 3.8) is 0 Å². The molecule has 0 saturated heterocycles. The number of amides is 3. The second-order valence-corrected chi connectivity index (χ2v) is 12.9. The van der Waals surface area contributed by atoms with Crippen molar-refractivity contribution in [3.8, 4) is 0 Å². The van der Waals surface area contributed by atoms with Crippen molar-refractivity contribution >= 4 is 27.7 Å². The average molecular weight is 588 g/mol. The molecule has 1 saturated carbocycles. The zero-order valence-corrected chi connectivity index (χ0v) is 24.5. The molecule has 0 bridgehead atoms. The van der Waals surface area contributed by atoms with Crippen molar-refractivity contribution in [1.29, 1.82) is 0 Å². The van der Waals surface area contributed by atoms with Gasteiger partial charge in [-0.2, -0.15) is 0 Å². The van der Waals surface area contributed by atoms with Gasteiger partial charge in [0, 0.05) is 32.0 Å². The fraction of sp³-hybridized carbons (Fsp3) is 0.364. The van der Waals surface area contributed by atoms with Gasteiger partial charge in [0.1, 0.15) is 10.9 Å². The number of hydrogen-bond acceptors (Lipinski definition) is 5. The molecule has 0 aromatic heterocycles. The molecule has 1 fully saturated rings. The number of carbonyl (C=O) groups is 3. The predicted octanol–water partition coefficient (Wildman–Crippen LogP) is 4.70. The van der Waals surface area contributed by atoms with Gasteiger partial charge in [0.05, 0.1) is 5.56 Å². The number of rotatable bonds is 11. The largest absolute Gasteiger partial charge is 0.352 e. The summed E-state index contributed by atoms with van der Waals surface area (Å²) in [7, 11) is -3.95. The molecular formula is C33H37N3O5S. The topological polar surface area (TPSA) is 104 Å². The first kappa shape index (κ1) is 29.5. The lowest BCUT2D eigenvalue weighted by molar-refractivity contribution is -0.141. The molecule has 5 rings (SSSR count). The highest BCUT2D eigenvalue weighted by Gasteiger charge is 2.40. The van der Waals surface area contributed by atoms with Gasteiger partial charge in [-0.25, -0.2) is 12.7 Å². The Morgan fingerprint density at radius 3 is 2.14 bits per heavy atom. The molecule has 0 radical (unpaired) electrons. The van der Waals surface area contributed by atoms with E-state index in [2.05, 4.69) is 5.32 Å². The maximum absolute atomic E-state index is 13.9. The normalized spacial score (nSPS) is 17.0. The van der Waals surface area contributed by atoms with E-state index in [-0.39, 0.29) is 54.2 Å². The third-order valence-electron chi connectivity index (χ3n) is 8.08. The van der Waals surface area contributed by atoms with Gasteiger partial charge in [0.25, 0.3) is 15.9 Å². The van der Waals surface area contributed by atoms with E-state index in [1.165, 1.54) is 18.6 Å². The van der Waals surface area contributed by atoms with Crippen LogP contribution in [0.2, 0.25) is 0 Å². The number of fused-ring (bicyclic) bond motifs is 1. The van der Waals surface area contributed by atoms with Crippen molar-refractivity contribution < 1.29 is 22.8 Å². The Bertz CT molecular complexity index is 1500. The third-order valence-corrected chi connectivity index (χ3v) is 9.92. The Morgan fingerprint density at radius 2 is 1.48 bits per heavy atom. The number of hydrogen-bond donors (Lipinski definition) is 1. The first-order chi connectivity index (χ1) is 20.3. The van der Waals surface area contributed by atoms with Gasteiger partial charge in [-0.1, -0.05) is 92.1 Å². The lowest BCUT2D eigenvalue weighted by Gasteiger charge is -2.33. The molecule has 2 aliphatic rings. The standard InChI is InChI=1S/C33H37N3O5S/c37-31(21-12-22-36-33(39)28-19-10-11-20-30(28)42(36,40)41)35(24-26-15-6-2-7-16-26)29(23-25-13-4-1-5-14-25)32(38)34-27-17-8-3-9-18-27/h1-2,4-7,10-11,13-16,19-20,27,29H,3,8-9,12,17-18,21-24H2,(H,34,38). The molecule has 9 heteroatoms. The van der Waals surface area contributed by atoms with Gasteiger partial charge in [-0.05, 0) is 42.5 Å². The van der Waals surface area contributed by atoms with Crippen LogP contribution in [-0.2, 0) is 32.6 Å². The molecule has 1 unspecified atom stereocenters. The maximum Gasteiger partial charge on any atom is 0.269 e. The van der Waals surface area contributed by atoms with E-state index in [9.17, 15) is 22.8 Å². The summed E-state index contributed by atoms with van der Waals surface area (Å²) in [5, 5.41) is 3.22. The highest BCUT2D eigenvalue weighted by Crippen LogP contribution is 2.30. The molecule has 3 amide bonds. The lowest BCUT2D eigenvalue weighted by atomic mass is 9.94. The first-order valence-corrected chi connectivity index (χ1v) is 16.1. The highest BCUT2D eigenvalue weighted by atomic mass is 32.2. The highest BCUT2D eigenvalue weighted by molar-refractivity contribution is 7.90. The van der Waals surface area contributed by atoms with Crippen LogP contribution in [0.3, 0.4) is 0 Å². The third kappa shape index (κ3) is 6.73. The predicted molar refractivity (Wildman–Crippen MR) is 160 cm³/mol. The summed E-state index contributed by atoms with van der Waals surface area (Å²) in [6.45, 7) is 0.125. The van der Waals surface area contributed by atoms with Crippen LogP contribution in [0.1, 0.15) is 66.4 Å². The molecule has 8 nitrogen and oxygen atoms in total. The molecule has 1 N–H and O–H groups in total. The second-order valence-electron chi connectivity index (χ2n) is 11.0. The summed E-state index contributed by atoms with van der Waals surface area (Å²) >= 11 is 0. The van der Waals surface area contributed by atoms with Gasteiger partial charge in [-0.3, -0.25) is 14.4 Å². The van der Waals surface area contributed by atoms with Crippen molar-refractivity contribution in [1.82, 2.24) is 14.5 Å². The average Bonchev–Trinajstić information content (AvgIpc) is 3.20. The van der Waals surface area contributed by atoms with Crippen LogP contribution in [0, 0.1) is 0 Å². The molecule has 3 aromatic carbocycles. The minimum absolute atomic E-state index is 0.00524. The van der Waals surface area contributed by atoms with Crippen molar-refractivity contribution in [2.45, 2.75) is 74.9 Å². The Morgan fingerprint density at radius 1 is 0.857 bits per heavy atom. The Hall–Kier alpha value is -3.98. The molecular weight excluding hydrogens is 550 g/mol. The van der Waals surface area contributed by atoms with Crippen molar-refractivity contribution in [3.05, 3.63) is 102 Å². The van der Waals surface area contributed by atoms with Crippen LogP contribution < -0.4 is 5.32 Å². The molecule has 0 spiro atoms. The van der Waals surface area contributed by atoms with E-state index in [0.717, 1.165) is 41.1 Å². The van der Waals surface area contributed by atoms with Crippen LogP contribution in [0.15, 0.2) is 89.8 Å². The molecule has 3 aromatic rings. The number of nitrogens with one attached hydrogen (secondary N) is 1. The second kappa shape index (κ2) is 13.3. The Kier molecular flexibility index (Phi) is 9.37. The maximum atomic E-state index is 13.9. The van der Waals surface area contributed by atoms with Crippen LogP contribution in [0.25, 0.3) is 0 Å². The van der Waals surface area contributed by atoms with E-state index in [4.69, 9.17) is 0 Å². The van der Waals surface area contributed by atoms with Crippen LogP contribution >= 0.6 is 0 Å². The molecule has 220 valence electrons. The van der Waals surface area contributed by atoms with E-state index in [1.807, 2.05) is 60.7 Å². The van der Waals surface area contributed by atoms with E-state index in [0.29, 0.717) is 6.42 Å². The number of nitrogens with zero attached hydrogens (tertiary/aromatic N) is 2. The van der Waals surface area contributed by atoms with E-state index < -0.39 is 22.0 Å². The minimum atomic E-state index is -3.95. The van der Waals surface area contributed by atoms with Crippen molar-refractivity contribution in [2.24, 2.45) is 0 Å². The number of carbonyl (C=O) groups excluding carboxylic acids is 3. The summed E-state index contributed by atoms with van der Waals surface area (Å²) < 4.78 is 26.8. The van der Waals surface area contributed by atoms with Crippen LogP contribution in [-0.4, -0.2) is 54.0 Å². The van der Waals surface area contributed by atoms with Crippen LogP contribution in [0.5, 0.6) is 0 Å². The summed E-state index contributed by atoms with van der Waals surface area (Å²) in [6.07, 6.45) is 5.65. The quantitative estimate of drug-likeness (QED) is 0.350. The Balaban J connectivity index is 1.36.